The van der Waals surface area contributed by atoms with Gasteiger partial charge < -0.3 is 19.6 Å². The molecular formula is C28H35ClN2O5S. The van der Waals surface area contributed by atoms with Crippen LogP contribution in [0.3, 0.4) is 0 Å². The maximum Gasteiger partial charge on any atom is 0.310 e. The maximum absolute atomic E-state index is 14.5. The average molecular weight is 547 g/mol. The van der Waals surface area contributed by atoms with Crippen LogP contribution in [0, 0.1) is 24.7 Å². The SMILES string of the molecule is C=CCCCOC(=O)[C@@H]1[C@H]2C(=O)N(CCO)C(C(=O)N(CC=C)c3c(C)cccc3Cl)C23S[C@@H]1CC3C. The lowest BCUT2D eigenvalue weighted by Gasteiger charge is -2.40. The van der Waals surface area contributed by atoms with Crippen LogP contribution >= 0.6 is 23.4 Å². The molecule has 3 fully saturated rings. The number of para-hydroxylation sites is 1. The molecular weight excluding hydrogens is 512 g/mol. The monoisotopic (exact) mass is 546 g/mol. The van der Waals surface area contributed by atoms with Gasteiger partial charge >= 0.3 is 5.97 Å². The van der Waals surface area contributed by atoms with Crippen LogP contribution in [0.1, 0.15) is 31.7 Å². The number of aliphatic hydroxyl groups excluding tert-OH is 1. The summed E-state index contributed by atoms with van der Waals surface area (Å²) in [6.45, 7) is 11.7. The van der Waals surface area contributed by atoms with E-state index in [1.807, 2.05) is 19.1 Å². The number of unbranched alkanes of at least 4 members (excludes halogenated alkanes) is 1. The fourth-order valence-electron chi connectivity index (χ4n) is 6.45. The molecule has 3 saturated heterocycles. The highest BCUT2D eigenvalue weighted by Gasteiger charge is 2.76. The number of aryl methyl sites for hydroxylation is 1. The summed E-state index contributed by atoms with van der Waals surface area (Å²) < 4.78 is 4.80. The van der Waals surface area contributed by atoms with Gasteiger partial charge in [-0.2, -0.15) is 0 Å². The molecule has 6 atom stereocenters. The summed E-state index contributed by atoms with van der Waals surface area (Å²) in [5.74, 6) is -2.22. The molecule has 37 heavy (non-hydrogen) atoms. The van der Waals surface area contributed by atoms with E-state index < -0.39 is 22.6 Å². The summed E-state index contributed by atoms with van der Waals surface area (Å²) in [4.78, 5) is 44.7. The Morgan fingerprint density at radius 2 is 2.11 bits per heavy atom. The van der Waals surface area contributed by atoms with Crippen LogP contribution in [0.25, 0.3) is 0 Å². The first kappa shape index (κ1) is 27.7. The maximum atomic E-state index is 14.5. The third-order valence-electron chi connectivity index (χ3n) is 7.93. The largest absolute Gasteiger partial charge is 0.465 e. The Morgan fingerprint density at radius 3 is 2.76 bits per heavy atom. The smallest absolute Gasteiger partial charge is 0.310 e. The number of β-amino-alcohol motifs (C(OH)–C–C–N with tert-alkyl or cyclic N) is 1. The zero-order chi connectivity index (χ0) is 26.9. The molecule has 0 aromatic heterocycles. The summed E-state index contributed by atoms with van der Waals surface area (Å²) in [6, 6.07) is 4.59. The number of hydrogen-bond donors (Lipinski definition) is 1. The van der Waals surface area contributed by atoms with Crippen molar-refractivity contribution in [3.05, 3.63) is 54.1 Å². The number of ether oxygens (including phenoxy) is 1. The zero-order valence-electron chi connectivity index (χ0n) is 21.4. The second-order valence-corrected chi connectivity index (χ2v) is 12.0. The number of carbonyl (C=O) groups excluding carboxylic acids is 3. The molecule has 1 N–H and O–H groups in total. The molecule has 0 radical (unpaired) electrons. The van der Waals surface area contributed by atoms with Crippen molar-refractivity contribution in [3.8, 4) is 0 Å². The van der Waals surface area contributed by atoms with Crippen molar-refractivity contribution in [2.24, 2.45) is 17.8 Å². The van der Waals surface area contributed by atoms with Crippen molar-refractivity contribution in [1.82, 2.24) is 4.90 Å². The zero-order valence-corrected chi connectivity index (χ0v) is 23.0. The minimum absolute atomic E-state index is 0.00989. The lowest BCUT2D eigenvalue weighted by Crippen LogP contribution is -2.57. The quantitative estimate of drug-likeness (QED) is 0.256. The van der Waals surface area contributed by atoms with E-state index in [1.54, 1.807) is 34.9 Å². The van der Waals surface area contributed by atoms with Gasteiger partial charge in [-0.3, -0.25) is 14.4 Å². The topological polar surface area (TPSA) is 87.1 Å². The molecule has 3 heterocycles. The van der Waals surface area contributed by atoms with Crippen LogP contribution in [0.2, 0.25) is 5.02 Å². The van der Waals surface area contributed by atoms with Gasteiger partial charge in [-0.25, -0.2) is 0 Å². The molecule has 3 aliphatic heterocycles. The summed E-state index contributed by atoms with van der Waals surface area (Å²) >= 11 is 8.15. The molecule has 0 saturated carbocycles. The highest BCUT2D eigenvalue weighted by atomic mass is 35.5. The minimum Gasteiger partial charge on any atom is -0.465 e. The molecule has 1 aromatic rings. The minimum atomic E-state index is -0.851. The van der Waals surface area contributed by atoms with Crippen LogP contribution in [-0.2, 0) is 19.1 Å². The number of thioether (sulfide) groups is 1. The third kappa shape index (κ3) is 4.51. The molecule has 9 heteroatoms. The Bertz CT molecular complexity index is 1080. The second kappa shape index (κ2) is 11.2. The number of esters is 1. The van der Waals surface area contributed by atoms with Crippen LogP contribution in [-0.4, -0.2) is 70.1 Å². The van der Waals surface area contributed by atoms with Crippen molar-refractivity contribution >= 4 is 46.8 Å². The van der Waals surface area contributed by atoms with Crippen molar-refractivity contribution in [2.45, 2.75) is 49.1 Å². The number of hydrogen-bond acceptors (Lipinski definition) is 6. The van der Waals surface area contributed by atoms with E-state index in [0.29, 0.717) is 23.6 Å². The number of nitrogens with zero attached hydrogens (tertiary/aromatic N) is 2. The first-order valence-electron chi connectivity index (χ1n) is 12.8. The lowest BCUT2D eigenvalue weighted by molar-refractivity contribution is -0.154. The first-order valence-corrected chi connectivity index (χ1v) is 14.0. The van der Waals surface area contributed by atoms with Crippen molar-refractivity contribution < 1.29 is 24.2 Å². The normalized spacial score (nSPS) is 29.8. The number of allylic oxidation sites excluding steroid dienone is 1. The van der Waals surface area contributed by atoms with Gasteiger partial charge in [0.1, 0.15) is 6.04 Å². The predicted octanol–water partition coefficient (Wildman–Crippen LogP) is 4.01. The summed E-state index contributed by atoms with van der Waals surface area (Å²) in [5, 5.41) is 10.2. The molecule has 0 aliphatic carbocycles. The second-order valence-electron chi connectivity index (χ2n) is 10.0. The van der Waals surface area contributed by atoms with Crippen molar-refractivity contribution in [2.75, 3.05) is 31.2 Å². The number of halogens is 1. The van der Waals surface area contributed by atoms with Crippen molar-refractivity contribution in [3.63, 3.8) is 0 Å². The van der Waals surface area contributed by atoms with Gasteiger partial charge in [0.2, 0.25) is 5.91 Å². The van der Waals surface area contributed by atoms with Gasteiger partial charge in [-0.1, -0.05) is 42.8 Å². The number of likely N-dealkylation sites (tertiary alicyclic amines) is 1. The van der Waals surface area contributed by atoms with Gasteiger partial charge in [0.05, 0.1) is 40.5 Å². The van der Waals surface area contributed by atoms with E-state index in [4.69, 9.17) is 16.3 Å². The fraction of sp³-hybridized carbons (Fsp3) is 0.536. The molecule has 2 bridgehead atoms. The molecule has 1 aromatic carbocycles. The number of amides is 2. The Balaban J connectivity index is 1.75. The van der Waals surface area contributed by atoms with Gasteiger partial charge in [-0.05, 0) is 43.7 Å². The fourth-order valence-corrected chi connectivity index (χ4v) is 9.17. The molecule has 200 valence electrons. The Hall–Kier alpha value is -2.29. The lowest BCUT2D eigenvalue weighted by atomic mass is 9.66. The van der Waals surface area contributed by atoms with Crippen LogP contribution < -0.4 is 4.90 Å². The van der Waals surface area contributed by atoms with Crippen LogP contribution in [0.15, 0.2) is 43.5 Å². The van der Waals surface area contributed by atoms with E-state index in [0.717, 1.165) is 12.0 Å². The van der Waals surface area contributed by atoms with E-state index in [-0.39, 0.29) is 55.3 Å². The number of fused-ring (bicyclic) bond motifs is 1. The van der Waals surface area contributed by atoms with E-state index in [1.165, 1.54) is 4.90 Å². The number of benzene rings is 1. The van der Waals surface area contributed by atoms with Gasteiger partial charge in [0, 0.05) is 18.3 Å². The number of aliphatic hydroxyl groups is 1. The standard InChI is InChI=1S/C28H35ClN2O5S/c1-5-7-8-15-36-27(35)21-20-16-18(4)28(37-20)22(21)25(33)31(13-14-32)24(28)26(34)30(12-6-2)23-17(3)10-9-11-19(23)29/h5-6,9-11,18,20-22,24,32H,1-2,7-8,12-16H2,3-4H3/t18?,20-,21+,22+,24?,28?/m1/s1. The Kier molecular flexibility index (Phi) is 8.41. The van der Waals surface area contributed by atoms with E-state index in [2.05, 4.69) is 20.1 Å². The van der Waals surface area contributed by atoms with Crippen LogP contribution in [0.5, 0.6) is 0 Å². The summed E-state index contributed by atoms with van der Waals surface area (Å²) in [5.41, 5.74) is 1.40. The number of carbonyl (C=O) groups is 3. The van der Waals surface area contributed by atoms with Crippen LogP contribution in [0.4, 0.5) is 5.69 Å². The van der Waals surface area contributed by atoms with Gasteiger partial charge in [0.15, 0.2) is 0 Å². The summed E-state index contributed by atoms with van der Waals surface area (Å²) in [7, 11) is 0. The van der Waals surface area contributed by atoms with E-state index >= 15 is 0 Å². The Labute approximate surface area is 227 Å². The van der Waals surface area contributed by atoms with Crippen molar-refractivity contribution in [1.29, 1.82) is 0 Å². The van der Waals surface area contributed by atoms with E-state index in [9.17, 15) is 19.5 Å². The average Bonchev–Trinajstić information content (AvgIpc) is 3.45. The summed E-state index contributed by atoms with van der Waals surface area (Å²) in [6.07, 6.45) is 5.53. The number of rotatable bonds is 11. The molecule has 2 amide bonds. The molecule has 3 aliphatic rings. The number of anilines is 1. The molecule has 4 rings (SSSR count). The molecule has 7 nitrogen and oxygen atoms in total. The highest BCUT2D eigenvalue weighted by Crippen LogP contribution is 2.68. The van der Waals surface area contributed by atoms with Gasteiger partial charge in [-0.15, -0.1) is 24.9 Å². The first-order chi connectivity index (χ1) is 17.7. The van der Waals surface area contributed by atoms with Gasteiger partial charge in [0.25, 0.3) is 5.91 Å². The predicted molar refractivity (Wildman–Crippen MR) is 147 cm³/mol. The third-order valence-corrected chi connectivity index (χ3v) is 10.3. The highest BCUT2D eigenvalue weighted by molar-refractivity contribution is 8.02. The molecule has 3 unspecified atom stereocenters. The Morgan fingerprint density at radius 1 is 1.35 bits per heavy atom. The molecule has 1 spiro atoms.